The molecule has 0 bridgehead atoms. The summed E-state index contributed by atoms with van der Waals surface area (Å²) in [5.41, 5.74) is 3.23. The van der Waals surface area contributed by atoms with Gasteiger partial charge in [-0.25, -0.2) is 14.4 Å². The molecule has 0 N–H and O–H groups in total. The highest BCUT2D eigenvalue weighted by Gasteiger charge is 2.44. The smallest absolute Gasteiger partial charge is 0.228 e. The van der Waals surface area contributed by atoms with E-state index in [4.69, 9.17) is 0 Å². The summed E-state index contributed by atoms with van der Waals surface area (Å²) < 4.78 is 13.1. The van der Waals surface area contributed by atoms with Crippen molar-refractivity contribution in [1.29, 1.82) is 0 Å². The Hall–Kier alpha value is -5.27. The average Bonchev–Trinajstić information content (AvgIpc) is 3.86. The van der Waals surface area contributed by atoms with Crippen LogP contribution >= 0.6 is 0 Å². The van der Waals surface area contributed by atoms with Crippen LogP contribution in [0, 0.1) is 41.3 Å². The first-order valence-corrected chi connectivity index (χ1v) is 16.4. The van der Waals surface area contributed by atoms with Crippen LogP contribution in [0.3, 0.4) is 0 Å². The van der Waals surface area contributed by atoms with E-state index in [1.807, 2.05) is 64.4 Å². The van der Waals surface area contributed by atoms with Gasteiger partial charge in [-0.2, -0.15) is 0 Å². The van der Waals surface area contributed by atoms with Gasteiger partial charge in [0.2, 0.25) is 11.8 Å². The van der Waals surface area contributed by atoms with Gasteiger partial charge in [0.25, 0.3) is 0 Å². The SMILES string of the molecule is O=C1C[C@H]2CCC[C@H]2N1c1ccc(C#Cc2cccc(F)c2)cn1.O=C1C[C@H]2CCC[C@H]2N1c1ccc(C#Cc2ccccc2)cn1. The van der Waals surface area contributed by atoms with Crippen LogP contribution in [-0.2, 0) is 9.59 Å². The topological polar surface area (TPSA) is 66.4 Å². The highest BCUT2D eigenvalue weighted by Crippen LogP contribution is 2.41. The summed E-state index contributed by atoms with van der Waals surface area (Å²) in [7, 11) is 0. The molecule has 0 radical (unpaired) electrons. The molecule has 47 heavy (non-hydrogen) atoms. The number of carbonyl (C=O) groups excluding carboxylic acids is 2. The third-order valence-corrected chi connectivity index (χ3v) is 9.60. The van der Waals surface area contributed by atoms with E-state index in [9.17, 15) is 14.0 Å². The second-order valence-corrected chi connectivity index (χ2v) is 12.6. The number of hydrogen-bond donors (Lipinski definition) is 0. The number of pyridine rings is 2. The molecule has 2 aliphatic carbocycles. The summed E-state index contributed by atoms with van der Waals surface area (Å²) in [6.45, 7) is 0. The molecule has 8 rings (SSSR count). The molecule has 2 amide bonds. The fraction of sp³-hybridized carbons (Fsp3) is 0.300. The molecule has 4 heterocycles. The van der Waals surface area contributed by atoms with E-state index in [-0.39, 0.29) is 17.6 Å². The summed E-state index contributed by atoms with van der Waals surface area (Å²) in [4.78, 5) is 37.2. The Balaban J connectivity index is 0.000000150. The first kappa shape index (κ1) is 30.4. The monoisotopic (exact) mass is 622 g/mol. The predicted molar refractivity (Wildman–Crippen MR) is 180 cm³/mol. The van der Waals surface area contributed by atoms with Gasteiger partial charge in [-0.1, -0.05) is 60.8 Å². The largest absolute Gasteiger partial charge is 0.293 e. The Kier molecular flexibility index (Phi) is 8.80. The second kappa shape index (κ2) is 13.6. The van der Waals surface area contributed by atoms with Gasteiger partial charge in [0.1, 0.15) is 17.5 Å². The number of halogens is 1. The van der Waals surface area contributed by atoms with Gasteiger partial charge in [-0.3, -0.25) is 19.4 Å². The third kappa shape index (κ3) is 6.81. The fourth-order valence-corrected chi connectivity index (χ4v) is 7.38. The number of fused-ring (bicyclic) bond motifs is 2. The summed E-state index contributed by atoms with van der Waals surface area (Å²) in [6, 6.07) is 24.4. The van der Waals surface area contributed by atoms with Crippen molar-refractivity contribution in [2.24, 2.45) is 11.8 Å². The molecule has 0 spiro atoms. The highest BCUT2D eigenvalue weighted by molar-refractivity contribution is 5.96. The summed E-state index contributed by atoms with van der Waals surface area (Å²) >= 11 is 0. The van der Waals surface area contributed by atoms with E-state index in [1.54, 1.807) is 24.5 Å². The molecular formula is C40H35FN4O2. The van der Waals surface area contributed by atoms with Crippen LogP contribution in [-0.4, -0.2) is 33.9 Å². The lowest BCUT2D eigenvalue weighted by molar-refractivity contribution is -0.118. The lowest BCUT2D eigenvalue weighted by atomic mass is 10.0. The van der Waals surface area contributed by atoms with Crippen LogP contribution in [0.15, 0.2) is 91.3 Å². The van der Waals surface area contributed by atoms with E-state index in [1.165, 1.54) is 31.4 Å². The Morgan fingerprint density at radius 3 is 1.60 bits per heavy atom. The Bertz CT molecular complexity index is 1890. The number of carbonyl (C=O) groups is 2. The Morgan fingerprint density at radius 1 is 0.574 bits per heavy atom. The van der Waals surface area contributed by atoms with E-state index < -0.39 is 0 Å². The summed E-state index contributed by atoms with van der Waals surface area (Å²) in [5.74, 6) is 14.8. The van der Waals surface area contributed by atoms with Gasteiger partial charge in [0.15, 0.2) is 0 Å². The molecule has 4 atom stereocenters. The minimum atomic E-state index is -0.297. The van der Waals surface area contributed by atoms with Crippen LogP contribution in [0.25, 0.3) is 0 Å². The van der Waals surface area contributed by atoms with Gasteiger partial charge in [0, 0.05) is 59.6 Å². The van der Waals surface area contributed by atoms with Crippen LogP contribution in [0.4, 0.5) is 16.0 Å². The minimum absolute atomic E-state index is 0.177. The number of hydrogen-bond acceptors (Lipinski definition) is 4. The molecule has 7 heteroatoms. The van der Waals surface area contributed by atoms with Crippen LogP contribution in [0.5, 0.6) is 0 Å². The van der Waals surface area contributed by atoms with E-state index in [2.05, 4.69) is 33.6 Å². The molecule has 6 nitrogen and oxygen atoms in total. The van der Waals surface area contributed by atoms with Gasteiger partial charge in [-0.05, 0) is 92.1 Å². The number of aromatic nitrogens is 2. The van der Waals surface area contributed by atoms with Gasteiger partial charge in [0.05, 0.1) is 0 Å². The van der Waals surface area contributed by atoms with Crippen molar-refractivity contribution in [3.8, 4) is 23.7 Å². The number of amides is 2. The molecule has 0 unspecified atom stereocenters. The minimum Gasteiger partial charge on any atom is -0.293 e. The molecule has 4 aliphatic rings. The number of rotatable bonds is 2. The molecule has 2 saturated heterocycles. The van der Waals surface area contributed by atoms with Crippen molar-refractivity contribution < 1.29 is 14.0 Å². The van der Waals surface area contributed by atoms with Crippen molar-refractivity contribution in [1.82, 2.24) is 9.97 Å². The number of nitrogens with zero attached hydrogens (tertiary/aromatic N) is 4. The van der Waals surface area contributed by atoms with Crippen molar-refractivity contribution in [2.45, 2.75) is 63.5 Å². The zero-order valence-electron chi connectivity index (χ0n) is 26.1. The lowest BCUT2D eigenvalue weighted by Crippen LogP contribution is -2.33. The second-order valence-electron chi connectivity index (χ2n) is 12.6. The fourth-order valence-electron chi connectivity index (χ4n) is 7.38. The Labute approximate surface area is 275 Å². The zero-order chi connectivity index (χ0) is 32.2. The molecule has 2 aromatic heterocycles. The number of anilines is 2. The number of benzene rings is 2. The molecule has 4 fully saturated rings. The summed E-state index contributed by atoms with van der Waals surface area (Å²) in [5, 5.41) is 0. The molecule has 2 saturated carbocycles. The quantitative estimate of drug-likeness (QED) is 0.228. The van der Waals surface area contributed by atoms with Crippen molar-refractivity contribution in [3.05, 3.63) is 119 Å². The Morgan fingerprint density at radius 2 is 1.09 bits per heavy atom. The van der Waals surface area contributed by atoms with Gasteiger partial charge >= 0.3 is 0 Å². The van der Waals surface area contributed by atoms with E-state index in [0.717, 1.165) is 41.8 Å². The van der Waals surface area contributed by atoms with Crippen molar-refractivity contribution in [2.75, 3.05) is 9.80 Å². The molecule has 2 aliphatic heterocycles. The van der Waals surface area contributed by atoms with Gasteiger partial charge in [-0.15, -0.1) is 0 Å². The van der Waals surface area contributed by atoms with Crippen LogP contribution in [0.1, 0.15) is 73.6 Å². The van der Waals surface area contributed by atoms with Crippen molar-refractivity contribution >= 4 is 23.5 Å². The van der Waals surface area contributed by atoms with Gasteiger partial charge < -0.3 is 0 Å². The standard InChI is InChI=1S/C20H17FN2O.C20H18N2O/c21-17-5-1-3-14(11-17)7-8-15-9-10-19(22-13-15)23-18-6-2-4-16(18)12-20(23)24;23-20-13-17-7-4-8-18(17)22(20)19-12-11-16(14-21-19)10-9-15-5-2-1-3-6-15/h1,3,5,9-11,13,16,18H,2,4,6,12H2;1-3,5-6,11-12,14,17-18H,4,7-8,13H2/t16-,18-;17-,18-/m11/s1. The van der Waals surface area contributed by atoms with Crippen molar-refractivity contribution in [3.63, 3.8) is 0 Å². The maximum absolute atomic E-state index is 13.1. The van der Waals surface area contributed by atoms with Crippen LogP contribution in [0.2, 0.25) is 0 Å². The molecule has 4 aromatic rings. The zero-order valence-corrected chi connectivity index (χ0v) is 26.1. The van der Waals surface area contributed by atoms with E-state index >= 15 is 0 Å². The average molecular weight is 623 g/mol. The molecule has 2 aromatic carbocycles. The lowest BCUT2D eigenvalue weighted by Gasteiger charge is -2.22. The first-order valence-electron chi connectivity index (χ1n) is 16.4. The van der Waals surface area contributed by atoms with E-state index in [0.29, 0.717) is 48.1 Å². The molecular weight excluding hydrogens is 587 g/mol. The molecule has 234 valence electrons. The normalized spacial score (nSPS) is 22.4. The maximum atomic E-state index is 13.1. The maximum Gasteiger partial charge on any atom is 0.228 e. The third-order valence-electron chi connectivity index (χ3n) is 9.60. The van der Waals surface area contributed by atoms with Crippen LogP contribution < -0.4 is 9.80 Å². The first-order chi connectivity index (χ1) is 23.0. The highest BCUT2D eigenvalue weighted by atomic mass is 19.1. The predicted octanol–water partition coefficient (Wildman–Crippen LogP) is 6.91. The summed E-state index contributed by atoms with van der Waals surface area (Å²) in [6.07, 6.45) is 11.7.